The van der Waals surface area contributed by atoms with E-state index in [0.717, 1.165) is 12.8 Å². The molecule has 3 atom stereocenters. The van der Waals surface area contributed by atoms with Crippen LogP contribution in [-0.4, -0.2) is 35.0 Å². The second kappa shape index (κ2) is 4.73. The Morgan fingerprint density at radius 3 is 2.65 bits per heavy atom. The Balaban J connectivity index is 2.03. The van der Waals surface area contributed by atoms with Gasteiger partial charge in [0, 0.05) is 12.5 Å². The Kier molecular flexibility index (Phi) is 3.31. The summed E-state index contributed by atoms with van der Waals surface area (Å²) < 4.78 is 0. The van der Waals surface area contributed by atoms with E-state index in [1.54, 1.807) is 6.08 Å². The van der Waals surface area contributed by atoms with Crippen LogP contribution in [0.1, 0.15) is 12.8 Å². The minimum absolute atomic E-state index is 0.0238. The molecule has 1 N–H and O–H groups in total. The first-order valence-electron chi connectivity index (χ1n) is 5.91. The molecular weight excluding hydrogens is 218 g/mol. The van der Waals surface area contributed by atoms with Crippen LogP contribution in [-0.2, 0) is 9.59 Å². The molecule has 17 heavy (non-hydrogen) atoms. The number of carboxylic acids is 1. The van der Waals surface area contributed by atoms with Crippen molar-refractivity contribution in [3.05, 3.63) is 24.8 Å². The van der Waals surface area contributed by atoms with E-state index in [2.05, 4.69) is 18.7 Å². The molecular formula is C13H17NO3. The van der Waals surface area contributed by atoms with E-state index >= 15 is 0 Å². The van der Waals surface area contributed by atoms with Crippen LogP contribution in [0.4, 0.5) is 0 Å². The van der Waals surface area contributed by atoms with Gasteiger partial charge in [-0.2, -0.15) is 0 Å². The summed E-state index contributed by atoms with van der Waals surface area (Å²) in [6, 6.07) is 0. The molecule has 4 nitrogen and oxygen atoms in total. The van der Waals surface area contributed by atoms with Crippen molar-refractivity contribution < 1.29 is 14.7 Å². The lowest BCUT2D eigenvalue weighted by molar-refractivity contribution is -0.146. The maximum Gasteiger partial charge on any atom is 0.323 e. The van der Waals surface area contributed by atoms with Crippen LogP contribution < -0.4 is 0 Å². The van der Waals surface area contributed by atoms with E-state index in [4.69, 9.17) is 5.11 Å². The van der Waals surface area contributed by atoms with Crippen LogP contribution in [0.25, 0.3) is 0 Å². The van der Waals surface area contributed by atoms with Crippen molar-refractivity contribution in [2.24, 2.45) is 17.8 Å². The van der Waals surface area contributed by atoms with Crippen LogP contribution in [0.2, 0.25) is 0 Å². The van der Waals surface area contributed by atoms with Crippen LogP contribution in [0.5, 0.6) is 0 Å². The van der Waals surface area contributed by atoms with E-state index in [1.807, 2.05) is 0 Å². The summed E-state index contributed by atoms with van der Waals surface area (Å²) in [6.45, 7) is 3.64. The van der Waals surface area contributed by atoms with Gasteiger partial charge in [0.15, 0.2) is 0 Å². The Morgan fingerprint density at radius 1 is 1.41 bits per heavy atom. The number of hydrogen-bond donors (Lipinski definition) is 1. The molecule has 2 aliphatic rings. The fraction of sp³-hybridized carbons (Fsp3) is 0.538. The normalized spacial score (nSPS) is 29.3. The molecule has 0 aliphatic heterocycles. The van der Waals surface area contributed by atoms with E-state index in [-0.39, 0.29) is 18.4 Å². The van der Waals surface area contributed by atoms with Crippen LogP contribution >= 0.6 is 0 Å². The number of nitrogens with zero attached hydrogens (tertiary/aromatic N) is 1. The van der Waals surface area contributed by atoms with Crippen molar-refractivity contribution >= 4 is 11.9 Å². The molecule has 2 bridgehead atoms. The van der Waals surface area contributed by atoms with Gasteiger partial charge in [-0.25, -0.2) is 0 Å². The first-order chi connectivity index (χ1) is 8.11. The zero-order valence-corrected chi connectivity index (χ0v) is 9.71. The number of carboxylic acid groups (broad SMARTS) is 1. The number of fused-ring (bicyclic) bond motifs is 2. The molecule has 0 aromatic carbocycles. The minimum atomic E-state index is -0.973. The number of carbonyl (C=O) groups excluding carboxylic acids is 1. The molecule has 0 spiro atoms. The maximum absolute atomic E-state index is 12.2. The molecule has 1 amide bonds. The highest BCUT2D eigenvalue weighted by atomic mass is 16.4. The van der Waals surface area contributed by atoms with Gasteiger partial charge in [-0.05, 0) is 24.7 Å². The fourth-order valence-corrected chi connectivity index (χ4v) is 2.85. The van der Waals surface area contributed by atoms with Crippen molar-refractivity contribution in [2.75, 3.05) is 13.1 Å². The standard InChI is InChI=1S/C13H17NO3/c1-2-5-14(8-12(15)16)13(17)11-7-9-3-4-10(11)6-9/h2-4,9-11H,1,5-8H2,(H,15,16). The molecule has 1 fully saturated rings. The van der Waals surface area contributed by atoms with Crippen LogP contribution in [0.15, 0.2) is 24.8 Å². The number of amides is 1. The third-order valence-corrected chi connectivity index (χ3v) is 3.58. The van der Waals surface area contributed by atoms with Crippen molar-refractivity contribution in [1.82, 2.24) is 4.90 Å². The SMILES string of the molecule is C=CCN(CC(=O)O)C(=O)C1CC2C=CC1C2. The summed E-state index contributed by atoms with van der Waals surface area (Å²) in [5, 5.41) is 8.79. The maximum atomic E-state index is 12.2. The smallest absolute Gasteiger partial charge is 0.323 e. The molecule has 1 saturated carbocycles. The van der Waals surface area contributed by atoms with Gasteiger partial charge in [0.05, 0.1) is 0 Å². The lowest BCUT2D eigenvalue weighted by Crippen LogP contribution is -2.40. The number of allylic oxidation sites excluding steroid dienone is 2. The molecule has 3 unspecified atom stereocenters. The van der Waals surface area contributed by atoms with Gasteiger partial charge in [0.1, 0.15) is 6.54 Å². The number of aliphatic carboxylic acids is 1. The summed E-state index contributed by atoms with van der Waals surface area (Å²) in [6.07, 6.45) is 7.76. The average molecular weight is 235 g/mol. The lowest BCUT2D eigenvalue weighted by atomic mass is 9.92. The third kappa shape index (κ3) is 2.40. The highest BCUT2D eigenvalue weighted by molar-refractivity contribution is 5.84. The van der Waals surface area contributed by atoms with Crippen molar-refractivity contribution in [1.29, 1.82) is 0 Å². The summed E-state index contributed by atoms with van der Waals surface area (Å²) in [7, 11) is 0. The molecule has 0 radical (unpaired) electrons. The summed E-state index contributed by atoms with van der Waals surface area (Å²) >= 11 is 0. The molecule has 0 aromatic heterocycles. The summed E-state index contributed by atoms with van der Waals surface area (Å²) in [4.78, 5) is 24.3. The molecule has 0 saturated heterocycles. The molecule has 2 aliphatic carbocycles. The third-order valence-electron chi connectivity index (χ3n) is 3.58. The zero-order chi connectivity index (χ0) is 12.4. The van der Waals surface area contributed by atoms with Gasteiger partial charge in [0.25, 0.3) is 0 Å². The van der Waals surface area contributed by atoms with Crippen molar-refractivity contribution in [2.45, 2.75) is 12.8 Å². The Morgan fingerprint density at radius 2 is 2.18 bits per heavy atom. The van der Waals surface area contributed by atoms with Gasteiger partial charge in [-0.15, -0.1) is 6.58 Å². The number of carbonyl (C=O) groups is 2. The molecule has 4 heteroatoms. The lowest BCUT2D eigenvalue weighted by Gasteiger charge is -2.25. The van der Waals surface area contributed by atoms with E-state index in [0.29, 0.717) is 18.4 Å². The Bertz CT molecular complexity index is 375. The monoisotopic (exact) mass is 235 g/mol. The van der Waals surface area contributed by atoms with Crippen LogP contribution in [0, 0.1) is 17.8 Å². The van der Waals surface area contributed by atoms with Gasteiger partial charge in [-0.1, -0.05) is 18.2 Å². The van der Waals surface area contributed by atoms with E-state index in [1.165, 1.54) is 4.90 Å². The molecule has 0 aromatic rings. The van der Waals surface area contributed by atoms with Gasteiger partial charge < -0.3 is 10.0 Å². The first kappa shape index (κ1) is 11.9. The Labute approximate surface area is 101 Å². The first-order valence-corrected chi connectivity index (χ1v) is 5.91. The van der Waals surface area contributed by atoms with Crippen molar-refractivity contribution in [3.8, 4) is 0 Å². The largest absolute Gasteiger partial charge is 0.480 e. The molecule has 92 valence electrons. The highest BCUT2D eigenvalue weighted by Crippen LogP contribution is 2.44. The fourth-order valence-electron chi connectivity index (χ4n) is 2.85. The predicted molar refractivity (Wildman–Crippen MR) is 63.3 cm³/mol. The number of hydrogen-bond acceptors (Lipinski definition) is 2. The quantitative estimate of drug-likeness (QED) is 0.731. The van der Waals surface area contributed by atoms with Crippen molar-refractivity contribution in [3.63, 3.8) is 0 Å². The van der Waals surface area contributed by atoms with Crippen LogP contribution in [0.3, 0.4) is 0 Å². The summed E-state index contributed by atoms with van der Waals surface area (Å²) in [5.41, 5.74) is 0. The van der Waals surface area contributed by atoms with E-state index < -0.39 is 5.97 Å². The predicted octanol–water partition coefficient (Wildman–Crippen LogP) is 1.30. The second-order valence-electron chi connectivity index (χ2n) is 4.79. The van der Waals surface area contributed by atoms with Gasteiger partial charge >= 0.3 is 5.97 Å². The average Bonchev–Trinajstić information content (AvgIpc) is 2.88. The number of rotatable bonds is 5. The van der Waals surface area contributed by atoms with E-state index in [9.17, 15) is 9.59 Å². The highest BCUT2D eigenvalue weighted by Gasteiger charge is 2.41. The molecule has 0 heterocycles. The van der Waals surface area contributed by atoms with Gasteiger partial charge in [0.2, 0.25) is 5.91 Å². The van der Waals surface area contributed by atoms with Gasteiger partial charge in [-0.3, -0.25) is 9.59 Å². The topological polar surface area (TPSA) is 57.6 Å². The molecule has 2 rings (SSSR count). The Hall–Kier alpha value is -1.58. The zero-order valence-electron chi connectivity index (χ0n) is 9.71. The summed E-state index contributed by atoms with van der Waals surface area (Å²) in [5.74, 6) is -0.203. The second-order valence-corrected chi connectivity index (χ2v) is 4.79. The minimum Gasteiger partial charge on any atom is -0.480 e.